The zero-order chi connectivity index (χ0) is 21.4. The number of ether oxygens (including phenoxy) is 1. The largest absolute Gasteiger partial charge is 0.481 e. The highest BCUT2D eigenvalue weighted by molar-refractivity contribution is 5.95. The number of aromatic nitrogens is 2. The van der Waals surface area contributed by atoms with Gasteiger partial charge in [0.1, 0.15) is 5.82 Å². The smallest absolute Gasteiger partial charge is 0.414 e. The summed E-state index contributed by atoms with van der Waals surface area (Å²) in [6, 6.07) is 13.1. The van der Waals surface area contributed by atoms with E-state index in [1.807, 2.05) is 61.0 Å². The third-order valence-electron chi connectivity index (χ3n) is 6.00. The molecule has 0 saturated heterocycles. The molecule has 1 aromatic heterocycles. The van der Waals surface area contributed by atoms with Crippen LogP contribution in [0.2, 0.25) is 0 Å². The highest BCUT2D eigenvalue weighted by atomic mass is 16.5. The summed E-state index contributed by atoms with van der Waals surface area (Å²) in [6.07, 6.45) is 1.53. The molecule has 0 radical (unpaired) electrons. The molecular weight excluding hydrogens is 382 g/mol. The standard InChI is InChI=1S/C23H25N3O4/c1-14-9-10-16-18(26(14)23(29)30-3)11-12-19-21(16)24-20(25(19)2)13-17(22(27)28)15-7-5-4-6-8-15/h4-8,11-12,14,17H,9-10,13H2,1-3H3,(H,27,28)/t14-,17-/m0/s1. The number of aryl methyl sites for hydroxylation is 2. The number of aliphatic carboxylic acids is 1. The van der Waals surface area contributed by atoms with Crippen LogP contribution in [0, 0.1) is 0 Å². The van der Waals surface area contributed by atoms with E-state index in [2.05, 4.69) is 0 Å². The normalized spacial score (nSPS) is 16.9. The van der Waals surface area contributed by atoms with E-state index in [9.17, 15) is 14.7 Å². The summed E-state index contributed by atoms with van der Waals surface area (Å²) in [5.41, 5.74) is 4.33. The van der Waals surface area contributed by atoms with Gasteiger partial charge in [-0.3, -0.25) is 9.69 Å². The van der Waals surface area contributed by atoms with Gasteiger partial charge in [-0.1, -0.05) is 30.3 Å². The monoisotopic (exact) mass is 407 g/mol. The van der Waals surface area contributed by atoms with E-state index in [1.54, 1.807) is 4.90 Å². The van der Waals surface area contributed by atoms with Gasteiger partial charge in [-0.15, -0.1) is 0 Å². The molecule has 1 aliphatic heterocycles. The minimum atomic E-state index is -0.874. The highest BCUT2D eigenvalue weighted by Crippen LogP contribution is 2.36. The topological polar surface area (TPSA) is 84.7 Å². The van der Waals surface area contributed by atoms with Crippen molar-refractivity contribution >= 4 is 28.8 Å². The van der Waals surface area contributed by atoms with Crippen molar-refractivity contribution in [1.29, 1.82) is 0 Å². The number of carboxylic acids is 1. The van der Waals surface area contributed by atoms with E-state index < -0.39 is 11.9 Å². The average molecular weight is 407 g/mol. The van der Waals surface area contributed by atoms with Crippen LogP contribution in [0.4, 0.5) is 10.5 Å². The maximum Gasteiger partial charge on any atom is 0.414 e. The number of rotatable bonds is 4. The molecule has 156 valence electrons. The first-order valence-corrected chi connectivity index (χ1v) is 10.0. The van der Waals surface area contributed by atoms with E-state index in [0.29, 0.717) is 5.82 Å². The van der Waals surface area contributed by atoms with Crippen LogP contribution in [0.3, 0.4) is 0 Å². The quantitative estimate of drug-likeness (QED) is 0.709. The van der Waals surface area contributed by atoms with Gasteiger partial charge in [0, 0.05) is 25.1 Å². The maximum atomic E-state index is 12.3. The fourth-order valence-electron chi connectivity index (χ4n) is 4.32. The Labute approximate surface area is 174 Å². The Bertz CT molecular complexity index is 1110. The molecule has 1 amide bonds. The fourth-order valence-corrected chi connectivity index (χ4v) is 4.32. The van der Waals surface area contributed by atoms with Crippen LogP contribution >= 0.6 is 0 Å². The van der Waals surface area contributed by atoms with Crippen LogP contribution in [-0.2, 0) is 29.4 Å². The molecule has 2 atom stereocenters. The highest BCUT2D eigenvalue weighted by Gasteiger charge is 2.31. The van der Waals surface area contributed by atoms with Gasteiger partial charge in [-0.2, -0.15) is 0 Å². The molecule has 0 aliphatic carbocycles. The van der Waals surface area contributed by atoms with Gasteiger partial charge < -0.3 is 14.4 Å². The Balaban J connectivity index is 1.78. The molecule has 2 aromatic carbocycles. The fraction of sp³-hybridized carbons (Fsp3) is 0.348. The van der Waals surface area contributed by atoms with Crippen molar-refractivity contribution in [1.82, 2.24) is 9.55 Å². The van der Waals surface area contributed by atoms with E-state index in [4.69, 9.17) is 9.72 Å². The number of hydrogen-bond donors (Lipinski definition) is 1. The number of hydrogen-bond acceptors (Lipinski definition) is 4. The van der Waals surface area contributed by atoms with E-state index >= 15 is 0 Å². The molecule has 1 N–H and O–H groups in total. The lowest BCUT2D eigenvalue weighted by molar-refractivity contribution is -0.138. The summed E-state index contributed by atoms with van der Waals surface area (Å²) >= 11 is 0. The van der Waals surface area contributed by atoms with Gasteiger partial charge in [0.2, 0.25) is 0 Å². The van der Waals surface area contributed by atoms with Crippen molar-refractivity contribution < 1.29 is 19.4 Å². The van der Waals surface area contributed by atoms with Crippen LogP contribution in [0.25, 0.3) is 11.0 Å². The average Bonchev–Trinajstić information content (AvgIpc) is 3.07. The minimum Gasteiger partial charge on any atom is -0.481 e. The van der Waals surface area contributed by atoms with Gasteiger partial charge in [-0.25, -0.2) is 9.78 Å². The number of methoxy groups -OCH3 is 1. The Morgan fingerprint density at radius 2 is 1.97 bits per heavy atom. The second-order valence-electron chi connectivity index (χ2n) is 7.75. The number of nitrogens with zero attached hydrogens (tertiary/aromatic N) is 3. The molecule has 4 rings (SSSR count). The Kier molecular flexibility index (Phi) is 5.20. The number of carbonyl (C=O) groups is 2. The number of imidazole rings is 1. The summed E-state index contributed by atoms with van der Waals surface area (Å²) < 4.78 is 6.94. The zero-order valence-corrected chi connectivity index (χ0v) is 17.3. The first-order valence-electron chi connectivity index (χ1n) is 10.0. The van der Waals surface area contributed by atoms with Crippen molar-refractivity contribution in [3.05, 3.63) is 59.4 Å². The van der Waals surface area contributed by atoms with Crippen LogP contribution in [0.1, 0.15) is 36.2 Å². The van der Waals surface area contributed by atoms with Gasteiger partial charge in [0.15, 0.2) is 0 Å². The Morgan fingerprint density at radius 1 is 1.23 bits per heavy atom. The molecule has 7 heteroatoms. The van der Waals surface area contributed by atoms with E-state index in [1.165, 1.54) is 7.11 Å². The molecule has 1 aliphatic rings. The van der Waals surface area contributed by atoms with Crippen molar-refractivity contribution in [2.75, 3.05) is 12.0 Å². The second-order valence-corrected chi connectivity index (χ2v) is 7.75. The van der Waals surface area contributed by atoms with Crippen molar-refractivity contribution in [2.45, 2.75) is 38.1 Å². The first kappa shape index (κ1) is 19.9. The molecule has 30 heavy (non-hydrogen) atoms. The number of anilines is 1. The number of benzene rings is 2. The summed E-state index contributed by atoms with van der Waals surface area (Å²) in [6.45, 7) is 2.01. The predicted molar refractivity (Wildman–Crippen MR) is 114 cm³/mol. The molecule has 0 bridgehead atoms. The number of fused-ring (bicyclic) bond motifs is 3. The van der Waals surface area contributed by atoms with Crippen molar-refractivity contribution in [3.8, 4) is 0 Å². The molecular formula is C23H25N3O4. The number of amides is 1. The lowest BCUT2D eigenvalue weighted by atomic mass is 9.95. The summed E-state index contributed by atoms with van der Waals surface area (Å²) in [7, 11) is 3.29. The Hall–Kier alpha value is -3.35. The SMILES string of the molecule is COC(=O)N1c2ccc3c(nc(C[C@H](C(=O)O)c4ccccc4)n3C)c2CC[C@@H]1C. The summed E-state index contributed by atoms with van der Waals surface area (Å²) in [5, 5.41) is 9.80. The van der Waals surface area contributed by atoms with Crippen molar-refractivity contribution in [2.24, 2.45) is 7.05 Å². The third-order valence-corrected chi connectivity index (χ3v) is 6.00. The van der Waals surface area contributed by atoms with Gasteiger partial charge in [0.25, 0.3) is 0 Å². The van der Waals surface area contributed by atoms with E-state index in [-0.39, 0.29) is 18.6 Å². The number of carboxylic acid groups (broad SMARTS) is 1. The molecule has 0 unspecified atom stereocenters. The van der Waals surface area contributed by atoms with Crippen molar-refractivity contribution in [3.63, 3.8) is 0 Å². The molecule has 7 nitrogen and oxygen atoms in total. The summed E-state index contributed by atoms with van der Waals surface area (Å²) in [4.78, 5) is 30.8. The number of carbonyl (C=O) groups excluding carboxylic acids is 1. The predicted octanol–water partition coefficient (Wildman–Crippen LogP) is 3.89. The van der Waals surface area contributed by atoms with Crippen LogP contribution < -0.4 is 4.90 Å². The molecule has 0 saturated carbocycles. The summed E-state index contributed by atoms with van der Waals surface area (Å²) in [5.74, 6) is -0.844. The lowest BCUT2D eigenvalue weighted by Gasteiger charge is -2.34. The molecule has 0 fully saturated rings. The third kappa shape index (κ3) is 3.30. The zero-order valence-electron chi connectivity index (χ0n) is 17.3. The van der Waals surface area contributed by atoms with Crippen LogP contribution in [-0.4, -0.2) is 39.9 Å². The lowest BCUT2D eigenvalue weighted by Crippen LogP contribution is -2.42. The van der Waals surface area contributed by atoms with Crippen LogP contribution in [0.5, 0.6) is 0 Å². The first-order chi connectivity index (χ1) is 14.4. The van der Waals surface area contributed by atoms with Gasteiger partial charge in [0.05, 0.1) is 29.7 Å². The second kappa shape index (κ2) is 7.82. The van der Waals surface area contributed by atoms with E-state index in [0.717, 1.165) is 40.7 Å². The van der Waals surface area contributed by atoms with Crippen LogP contribution in [0.15, 0.2) is 42.5 Å². The molecule has 2 heterocycles. The molecule has 3 aromatic rings. The maximum absolute atomic E-state index is 12.3. The minimum absolute atomic E-state index is 0.0417. The van der Waals surface area contributed by atoms with Gasteiger partial charge in [-0.05, 0) is 37.5 Å². The Morgan fingerprint density at radius 3 is 2.63 bits per heavy atom. The molecule has 0 spiro atoms. The van der Waals surface area contributed by atoms with Gasteiger partial charge >= 0.3 is 12.1 Å².